The van der Waals surface area contributed by atoms with Crippen LogP contribution in [0.4, 0.5) is 4.39 Å². The minimum atomic E-state index is -0.291. The summed E-state index contributed by atoms with van der Waals surface area (Å²) in [6.07, 6.45) is 0.375. The molecule has 2 N–H and O–H groups in total. The quantitative estimate of drug-likeness (QED) is 0.865. The fourth-order valence-corrected chi connectivity index (χ4v) is 2.13. The smallest absolute Gasteiger partial charge is 0.222 e. The van der Waals surface area contributed by atoms with Gasteiger partial charge in [-0.25, -0.2) is 4.39 Å². The molecule has 1 unspecified atom stereocenters. The molecule has 0 spiro atoms. The molecule has 1 aliphatic heterocycles. The van der Waals surface area contributed by atoms with E-state index in [9.17, 15) is 9.18 Å². The first-order chi connectivity index (χ1) is 9.15. The van der Waals surface area contributed by atoms with Crippen LogP contribution in [0.25, 0.3) is 0 Å². The van der Waals surface area contributed by atoms with Gasteiger partial charge in [-0.15, -0.1) is 0 Å². The molecule has 5 heteroatoms. The maximum Gasteiger partial charge on any atom is 0.222 e. The van der Waals surface area contributed by atoms with Gasteiger partial charge in [0, 0.05) is 19.0 Å². The van der Waals surface area contributed by atoms with Crippen molar-refractivity contribution in [2.24, 2.45) is 0 Å². The lowest BCUT2D eigenvalue weighted by Crippen LogP contribution is -2.44. The largest absolute Gasteiger partial charge is 0.378 e. The van der Waals surface area contributed by atoms with E-state index in [4.69, 9.17) is 4.74 Å². The molecular formula is C14H19FN2O2. The van der Waals surface area contributed by atoms with E-state index in [1.807, 2.05) is 6.92 Å². The summed E-state index contributed by atoms with van der Waals surface area (Å²) in [5.74, 6) is -0.347. The molecule has 2 atom stereocenters. The third kappa shape index (κ3) is 4.29. The van der Waals surface area contributed by atoms with Crippen LogP contribution in [0.15, 0.2) is 24.3 Å². The van der Waals surface area contributed by atoms with Crippen LogP contribution in [-0.4, -0.2) is 31.7 Å². The highest BCUT2D eigenvalue weighted by Crippen LogP contribution is 2.13. The summed E-state index contributed by atoms with van der Waals surface area (Å²) in [6, 6.07) is 6.13. The number of morpholine rings is 1. The first-order valence-electron chi connectivity index (χ1n) is 6.51. The lowest BCUT2D eigenvalue weighted by atomic mass is 10.1. The van der Waals surface area contributed by atoms with Crippen LogP contribution in [-0.2, 0) is 9.53 Å². The Kier molecular flexibility index (Phi) is 4.87. The minimum Gasteiger partial charge on any atom is -0.378 e. The van der Waals surface area contributed by atoms with Crippen LogP contribution in [0.1, 0.15) is 24.9 Å². The van der Waals surface area contributed by atoms with E-state index in [1.165, 1.54) is 12.1 Å². The van der Waals surface area contributed by atoms with Gasteiger partial charge < -0.3 is 15.4 Å². The van der Waals surface area contributed by atoms with Crippen molar-refractivity contribution in [2.75, 3.05) is 19.8 Å². The van der Waals surface area contributed by atoms with Crippen molar-refractivity contribution >= 4 is 5.91 Å². The van der Waals surface area contributed by atoms with Gasteiger partial charge >= 0.3 is 0 Å². The number of nitrogens with one attached hydrogen (secondary N) is 2. The zero-order valence-corrected chi connectivity index (χ0v) is 11.0. The predicted molar refractivity (Wildman–Crippen MR) is 70.2 cm³/mol. The molecule has 0 bridgehead atoms. The molecule has 0 radical (unpaired) electrons. The first kappa shape index (κ1) is 14.0. The topological polar surface area (TPSA) is 50.4 Å². The Morgan fingerprint density at radius 1 is 1.63 bits per heavy atom. The van der Waals surface area contributed by atoms with E-state index in [2.05, 4.69) is 10.6 Å². The van der Waals surface area contributed by atoms with Crippen molar-refractivity contribution < 1.29 is 13.9 Å². The van der Waals surface area contributed by atoms with E-state index in [0.717, 1.165) is 12.1 Å². The lowest BCUT2D eigenvalue weighted by Gasteiger charge is -2.24. The average molecular weight is 266 g/mol. The summed E-state index contributed by atoms with van der Waals surface area (Å²) in [6.45, 7) is 3.87. The van der Waals surface area contributed by atoms with Gasteiger partial charge in [-0.2, -0.15) is 0 Å². The summed E-state index contributed by atoms with van der Waals surface area (Å²) in [7, 11) is 0. The molecule has 104 valence electrons. The first-order valence-corrected chi connectivity index (χ1v) is 6.51. The molecule has 1 aromatic rings. The van der Waals surface area contributed by atoms with Crippen molar-refractivity contribution in [1.82, 2.24) is 10.6 Å². The van der Waals surface area contributed by atoms with Gasteiger partial charge in [-0.3, -0.25) is 4.79 Å². The van der Waals surface area contributed by atoms with Crippen LogP contribution in [0.5, 0.6) is 0 Å². The van der Waals surface area contributed by atoms with Crippen molar-refractivity contribution in [3.05, 3.63) is 35.6 Å². The van der Waals surface area contributed by atoms with Crippen LogP contribution in [0.3, 0.4) is 0 Å². The van der Waals surface area contributed by atoms with Crippen molar-refractivity contribution in [1.29, 1.82) is 0 Å². The highest BCUT2D eigenvalue weighted by molar-refractivity contribution is 5.77. The van der Waals surface area contributed by atoms with Gasteiger partial charge in [-0.1, -0.05) is 12.1 Å². The van der Waals surface area contributed by atoms with E-state index < -0.39 is 0 Å². The molecule has 1 aliphatic rings. The van der Waals surface area contributed by atoms with Gasteiger partial charge in [0.15, 0.2) is 0 Å². The third-order valence-electron chi connectivity index (χ3n) is 3.16. The number of carbonyl (C=O) groups is 1. The van der Waals surface area contributed by atoms with E-state index >= 15 is 0 Å². The summed E-state index contributed by atoms with van der Waals surface area (Å²) in [5, 5.41) is 6.10. The zero-order chi connectivity index (χ0) is 13.7. The standard InChI is InChI=1S/C14H19FN2O2/c1-10(11-3-2-4-12(15)7-11)17-14(18)8-13-9-19-6-5-16-13/h2-4,7,10,13,16H,5-6,8-9H2,1H3,(H,17,18)/t10-,13?/m0/s1. The van der Waals surface area contributed by atoms with Gasteiger partial charge in [0.05, 0.1) is 19.3 Å². The maximum atomic E-state index is 13.1. The van der Waals surface area contributed by atoms with E-state index in [-0.39, 0.29) is 23.8 Å². The Morgan fingerprint density at radius 3 is 3.16 bits per heavy atom. The normalized spacial score (nSPS) is 20.8. The van der Waals surface area contributed by atoms with Gasteiger partial charge in [0.25, 0.3) is 0 Å². The van der Waals surface area contributed by atoms with Crippen LogP contribution in [0.2, 0.25) is 0 Å². The Labute approximate surface area is 112 Å². The average Bonchev–Trinajstić information content (AvgIpc) is 2.39. The molecular weight excluding hydrogens is 247 g/mol. The summed E-state index contributed by atoms with van der Waals surface area (Å²) in [5.41, 5.74) is 0.765. The molecule has 0 aromatic heterocycles. The molecule has 1 heterocycles. The Balaban J connectivity index is 1.84. The van der Waals surface area contributed by atoms with Gasteiger partial charge in [0.2, 0.25) is 5.91 Å². The summed E-state index contributed by atoms with van der Waals surface area (Å²) < 4.78 is 18.4. The predicted octanol–water partition coefficient (Wildman–Crippen LogP) is 1.38. The van der Waals surface area contributed by atoms with Crippen molar-refractivity contribution in [2.45, 2.75) is 25.4 Å². The zero-order valence-electron chi connectivity index (χ0n) is 11.0. The van der Waals surface area contributed by atoms with E-state index in [1.54, 1.807) is 12.1 Å². The SMILES string of the molecule is C[C@H](NC(=O)CC1COCCN1)c1cccc(F)c1. The highest BCUT2D eigenvalue weighted by atomic mass is 19.1. The van der Waals surface area contributed by atoms with E-state index in [0.29, 0.717) is 19.6 Å². The maximum absolute atomic E-state index is 13.1. The van der Waals surface area contributed by atoms with Crippen molar-refractivity contribution in [3.8, 4) is 0 Å². The number of hydrogen-bond acceptors (Lipinski definition) is 3. The summed E-state index contributed by atoms with van der Waals surface area (Å²) >= 11 is 0. The number of hydrogen-bond donors (Lipinski definition) is 2. The number of rotatable bonds is 4. The second kappa shape index (κ2) is 6.63. The highest BCUT2D eigenvalue weighted by Gasteiger charge is 2.18. The van der Waals surface area contributed by atoms with Gasteiger partial charge in [-0.05, 0) is 24.6 Å². The minimum absolute atomic E-state index is 0.0558. The molecule has 0 saturated carbocycles. The number of benzene rings is 1. The monoisotopic (exact) mass is 266 g/mol. The fraction of sp³-hybridized carbons (Fsp3) is 0.500. The number of amides is 1. The molecule has 1 amide bonds. The second-order valence-corrected chi connectivity index (χ2v) is 4.77. The molecule has 0 aliphatic carbocycles. The third-order valence-corrected chi connectivity index (χ3v) is 3.16. The summed E-state index contributed by atoms with van der Waals surface area (Å²) in [4.78, 5) is 11.9. The Bertz CT molecular complexity index is 433. The molecule has 1 fully saturated rings. The lowest BCUT2D eigenvalue weighted by molar-refractivity contribution is -0.122. The van der Waals surface area contributed by atoms with Crippen molar-refractivity contribution in [3.63, 3.8) is 0 Å². The van der Waals surface area contributed by atoms with Crippen LogP contribution in [0, 0.1) is 5.82 Å². The van der Waals surface area contributed by atoms with Gasteiger partial charge in [0.1, 0.15) is 5.82 Å². The second-order valence-electron chi connectivity index (χ2n) is 4.77. The number of halogens is 1. The Hall–Kier alpha value is -1.46. The molecule has 1 saturated heterocycles. The molecule has 4 nitrogen and oxygen atoms in total. The molecule has 19 heavy (non-hydrogen) atoms. The molecule has 1 aromatic carbocycles. The number of carbonyl (C=O) groups excluding carboxylic acids is 1. The van der Waals surface area contributed by atoms with Crippen LogP contribution < -0.4 is 10.6 Å². The molecule has 2 rings (SSSR count). The number of ether oxygens (including phenoxy) is 1. The fourth-order valence-electron chi connectivity index (χ4n) is 2.13. The van der Waals surface area contributed by atoms with Crippen LogP contribution >= 0.6 is 0 Å². The Morgan fingerprint density at radius 2 is 2.47 bits per heavy atom.